The molecule has 4 aromatic rings. The van der Waals surface area contributed by atoms with Gasteiger partial charge >= 0.3 is 0 Å². The summed E-state index contributed by atoms with van der Waals surface area (Å²) in [5.74, 6) is 0.576. The molecule has 0 radical (unpaired) electrons. The van der Waals surface area contributed by atoms with Gasteiger partial charge in [-0.3, -0.25) is 4.79 Å². The van der Waals surface area contributed by atoms with Gasteiger partial charge in [-0.25, -0.2) is 4.98 Å². The number of para-hydroxylation sites is 2. The molecular formula is C17H13N3O. The van der Waals surface area contributed by atoms with Gasteiger partial charge in [-0.1, -0.05) is 30.3 Å². The van der Waals surface area contributed by atoms with Crippen LogP contribution in [-0.2, 0) is 0 Å². The predicted molar refractivity (Wildman–Crippen MR) is 84.4 cm³/mol. The van der Waals surface area contributed by atoms with Crippen LogP contribution in [0.4, 0.5) is 0 Å². The summed E-state index contributed by atoms with van der Waals surface area (Å²) in [6, 6.07) is 15.4. The fourth-order valence-corrected chi connectivity index (χ4v) is 2.72. The van der Waals surface area contributed by atoms with Gasteiger partial charge in [0.1, 0.15) is 0 Å². The SMILES string of the molecule is Cc1c(-c2nc3ccccc3c(=O)[nH]2)[nH]c2ccccc12. The molecule has 4 nitrogen and oxygen atoms in total. The first-order chi connectivity index (χ1) is 10.2. The smallest absolute Gasteiger partial charge is 0.259 e. The van der Waals surface area contributed by atoms with Crippen molar-refractivity contribution in [2.45, 2.75) is 6.92 Å². The number of aryl methyl sites for hydroxylation is 1. The second-order valence-electron chi connectivity index (χ2n) is 5.10. The lowest BCUT2D eigenvalue weighted by Crippen LogP contribution is -2.09. The number of fused-ring (bicyclic) bond motifs is 2. The van der Waals surface area contributed by atoms with Gasteiger partial charge in [0, 0.05) is 10.9 Å². The van der Waals surface area contributed by atoms with E-state index in [1.807, 2.05) is 43.3 Å². The van der Waals surface area contributed by atoms with Crippen LogP contribution in [0.3, 0.4) is 0 Å². The highest BCUT2D eigenvalue weighted by Gasteiger charge is 2.12. The molecule has 4 rings (SSSR count). The molecule has 0 atom stereocenters. The van der Waals surface area contributed by atoms with E-state index in [1.54, 1.807) is 6.07 Å². The maximum Gasteiger partial charge on any atom is 0.259 e. The zero-order chi connectivity index (χ0) is 14.4. The third-order valence-corrected chi connectivity index (χ3v) is 3.82. The van der Waals surface area contributed by atoms with E-state index in [0.717, 1.165) is 22.2 Å². The minimum atomic E-state index is -0.117. The van der Waals surface area contributed by atoms with Gasteiger partial charge in [0.25, 0.3) is 5.56 Å². The number of hydrogen-bond acceptors (Lipinski definition) is 2. The third kappa shape index (κ3) is 1.76. The largest absolute Gasteiger partial charge is 0.352 e. The molecule has 0 spiro atoms. The quantitative estimate of drug-likeness (QED) is 0.559. The van der Waals surface area contributed by atoms with Crippen molar-refractivity contribution in [2.24, 2.45) is 0 Å². The van der Waals surface area contributed by atoms with Crippen molar-refractivity contribution in [3.8, 4) is 11.5 Å². The molecule has 0 saturated heterocycles. The summed E-state index contributed by atoms with van der Waals surface area (Å²) in [6.07, 6.45) is 0. The molecule has 2 aromatic heterocycles. The fraction of sp³-hybridized carbons (Fsp3) is 0.0588. The lowest BCUT2D eigenvalue weighted by molar-refractivity contribution is 1.15. The molecule has 0 aliphatic rings. The Morgan fingerprint density at radius 1 is 0.905 bits per heavy atom. The summed E-state index contributed by atoms with van der Waals surface area (Å²) in [6.45, 7) is 2.03. The Kier molecular flexibility index (Phi) is 2.44. The second-order valence-corrected chi connectivity index (χ2v) is 5.10. The molecule has 0 bridgehead atoms. The first-order valence-corrected chi connectivity index (χ1v) is 6.81. The van der Waals surface area contributed by atoms with E-state index in [1.165, 1.54) is 0 Å². The van der Waals surface area contributed by atoms with Crippen molar-refractivity contribution in [3.63, 3.8) is 0 Å². The highest BCUT2D eigenvalue weighted by molar-refractivity contribution is 5.90. The average Bonchev–Trinajstić information content (AvgIpc) is 2.85. The standard InChI is InChI=1S/C17H13N3O/c1-10-11-6-2-4-8-13(11)18-15(10)16-19-14-9-5-3-7-12(14)17(21)20-16/h2-9,18H,1H3,(H,19,20,21). The summed E-state index contributed by atoms with van der Waals surface area (Å²) < 4.78 is 0. The number of nitrogens with zero attached hydrogens (tertiary/aromatic N) is 1. The van der Waals surface area contributed by atoms with Crippen LogP contribution in [0.5, 0.6) is 0 Å². The number of hydrogen-bond donors (Lipinski definition) is 2. The normalized spacial score (nSPS) is 11.3. The van der Waals surface area contributed by atoms with E-state index < -0.39 is 0 Å². The molecule has 0 unspecified atom stereocenters. The Morgan fingerprint density at radius 3 is 2.43 bits per heavy atom. The minimum absolute atomic E-state index is 0.117. The van der Waals surface area contributed by atoms with Crippen LogP contribution < -0.4 is 5.56 Å². The molecule has 0 aliphatic heterocycles. The van der Waals surface area contributed by atoms with Crippen molar-refractivity contribution >= 4 is 21.8 Å². The molecule has 0 amide bonds. The van der Waals surface area contributed by atoms with Crippen molar-refractivity contribution in [1.82, 2.24) is 15.0 Å². The molecule has 0 aliphatic carbocycles. The summed E-state index contributed by atoms with van der Waals surface area (Å²) in [7, 11) is 0. The number of rotatable bonds is 1. The van der Waals surface area contributed by atoms with E-state index in [9.17, 15) is 4.79 Å². The Balaban J connectivity index is 2.04. The maximum atomic E-state index is 12.2. The molecule has 2 aromatic carbocycles. The molecule has 102 valence electrons. The van der Waals surface area contributed by atoms with Gasteiger partial charge in [0.05, 0.1) is 16.6 Å². The Labute approximate surface area is 120 Å². The van der Waals surface area contributed by atoms with Crippen molar-refractivity contribution in [3.05, 3.63) is 64.4 Å². The van der Waals surface area contributed by atoms with Gasteiger partial charge in [0.2, 0.25) is 0 Å². The summed E-state index contributed by atoms with van der Waals surface area (Å²) >= 11 is 0. The van der Waals surface area contributed by atoms with Gasteiger partial charge in [0.15, 0.2) is 5.82 Å². The van der Waals surface area contributed by atoms with Crippen molar-refractivity contribution in [1.29, 1.82) is 0 Å². The van der Waals surface area contributed by atoms with E-state index in [0.29, 0.717) is 16.7 Å². The monoisotopic (exact) mass is 275 g/mol. The van der Waals surface area contributed by atoms with E-state index in [4.69, 9.17) is 0 Å². The summed E-state index contributed by atoms with van der Waals surface area (Å²) in [4.78, 5) is 23.0. The molecule has 2 N–H and O–H groups in total. The number of nitrogens with one attached hydrogen (secondary N) is 2. The van der Waals surface area contributed by atoms with Gasteiger partial charge in [-0.2, -0.15) is 0 Å². The fourth-order valence-electron chi connectivity index (χ4n) is 2.72. The maximum absolute atomic E-state index is 12.2. The zero-order valence-electron chi connectivity index (χ0n) is 11.5. The third-order valence-electron chi connectivity index (χ3n) is 3.82. The predicted octanol–water partition coefficient (Wildman–Crippen LogP) is 3.38. The van der Waals surface area contributed by atoms with Crippen molar-refractivity contribution in [2.75, 3.05) is 0 Å². The number of aromatic nitrogens is 3. The molecule has 2 heterocycles. The topological polar surface area (TPSA) is 61.5 Å². The van der Waals surface area contributed by atoms with E-state index in [2.05, 4.69) is 21.0 Å². The van der Waals surface area contributed by atoms with Crippen LogP contribution in [0, 0.1) is 6.92 Å². The van der Waals surface area contributed by atoms with E-state index in [-0.39, 0.29) is 5.56 Å². The lowest BCUT2D eigenvalue weighted by atomic mass is 10.1. The Bertz CT molecular complexity index is 1030. The number of benzene rings is 2. The van der Waals surface area contributed by atoms with Crippen LogP contribution in [0.1, 0.15) is 5.56 Å². The van der Waals surface area contributed by atoms with Crippen molar-refractivity contribution < 1.29 is 0 Å². The molecular weight excluding hydrogens is 262 g/mol. The Hall–Kier alpha value is -2.88. The summed E-state index contributed by atoms with van der Waals surface area (Å²) in [5.41, 5.74) is 3.58. The first kappa shape index (κ1) is 11.9. The minimum Gasteiger partial charge on any atom is -0.352 e. The molecule has 0 saturated carbocycles. The van der Waals surface area contributed by atoms with E-state index >= 15 is 0 Å². The molecule has 4 heteroatoms. The van der Waals surface area contributed by atoms with Crippen LogP contribution in [0.25, 0.3) is 33.3 Å². The lowest BCUT2D eigenvalue weighted by Gasteiger charge is -2.02. The highest BCUT2D eigenvalue weighted by atomic mass is 16.1. The van der Waals surface area contributed by atoms with Gasteiger partial charge in [-0.15, -0.1) is 0 Å². The second kappa shape index (κ2) is 4.31. The number of aromatic amines is 2. The molecule has 0 fully saturated rings. The Morgan fingerprint density at radius 2 is 1.62 bits per heavy atom. The van der Waals surface area contributed by atoms with Crippen LogP contribution in [0.2, 0.25) is 0 Å². The summed E-state index contributed by atoms with van der Waals surface area (Å²) in [5, 5.41) is 1.75. The first-order valence-electron chi connectivity index (χ1n) is 6.81. The molecule has 21 heavy (non-hydrogen) atoms. The van der Waals surface area contributed by atoms with Gasteiger partial charge in [-0.05, 0) is 30.7 Å². The number of H-pyrrole nitrogens is 2. The van der Waals surface area contributed by atoms with Gasteiger partial charge < -0.3 is 9.97 Å². The van der Waals surface area contributed by atoms with Crippen LogP contribution >= 0.6 is 0 Å². The average molecular weight is 275 g/mol. The van der Waals surface area contributed by atoms with Crippen LogP contribution in [0.15, 0.2) is 53.3 Å². The zero-order valence-corrected chi connectivity index (χ0v) is 11.5. The van der Waals surface area contributed by atoms with Crippen LogP contribution in [-0.4, -0.2) is 15.0 Å². The highest BCUT2D eigenvalue weighted by Crippen LogP contribution is 2.27.